The number of aliphatic carboxylic acids is 1. The van der Waals surface area contributed by atoms with Crippen LogP contribution in [-0.4, -0.2) is 22.8 Å². The summed E-state index contributed by atoms with van der Waals surface area (Å²) >= 11 is 0. The van der Waals surface area contributed by atoms with Crippen LogP contribution in [-0.2, 0) is 4.79 Å². The van der Waals surface area contributed by atoms with Crippen LogP contribution in [0.2, 0.25) is 0 Å². The molecule has 4 nitrogen and oxygen atoms in total. The van der Waals surface area contributed by atoms with Crippen LogP contribution in [0.4, 0.5) is 0 Å². The highest BCUT2D eigenvalue weighted by molar-refractivity contribution is 5.78. The summed E-state index contributed by atoms with van der Waals surface area (Å²) in [5, 5.41) is 18.4. The number of ether oxygens (including phenoxy) is 1. The molecule has 0 radical (unpaired) electrons. The largest absolute Gasteiger partial charge is 0.504 e. The molecule has 1 aromatic rings. The van der Waals surface area contributed by atoms with E-state index in [2.05, 4.69) is 0 Å². The summed E-state index contributed by atoms with van der Waals surface area (Å²) in [4.78, 5) is 10.9. The normalized spacial score (nSPS) is 19.6. The number of benzene rings is 1. The highest BCUT2D eigenvalue weighted by Crippen LogP contribution is 2.39. The number of carboxylic acid groups (broad SMARTS) is 1. The molecule has 0 aliphatic carbocycles. The highest BCUT2D eigenvalue weighted by atomic mass is 16.5. The summed E-state index contributed by atoms with van der Waals surface area (Å²) in [7, 11) is 0. The molecule has 0 amide bonds. The van der Waals surface area contributed by atoms with Crippen molar-refractivity contribution in [3.05, 3.63) is 23.8 Å². The van der Waals surface area contributed by atoms with Gasteiger partial charge in [-0.2, -0.15) is 0 Å². The van der Waals surface area contributed by atoms with Crippen LogP contribution in [0.1, 0.15) is 17.9 Å². The maximum absolute atomic E-state index is 10.9. The number of carbonyl (C=O) groups is 1. The first kappa shape index (κ1) is 8.87. The molecule has 0 saturated carbocycles. The molecule has 1 unspecified atom stereocenters. The fourth-order valence-corrected chi connectivity index (χ4v) is 1.66. The maximum atomic E-state index is 10.9. The Kier molecular flexibility index (Phi) is 2.04. The Balaban J connectivity index is 2.49. The van der Waals surface area contributed by atoms with E-state index in [9.17, 15) is 9.90 Å². The summed E-state index contributed by atoms with van der Waals surface area (Å²) in [6, 6.07) is 4.79. The topological polar surface area (TPSA) is 66.8 Å². The van der Waals surface area contributed by atoms with E-state index in [1.165, 1.54) is 6.07 Å². The van der Waals surface area contributed by atoms with E-state index in [1.807, 2.05) is 0 Å². The van der Waals surface area contributed by atoms with Crippen molar-refractivity contribution in [1.82, 2.24) is 0 Å². The third-order valence-electron chi connectivity index (χ3n) is 2.35. The van der Waals surface area contributed by atoms with Gasteiger partial charge in [-0.15, -0.1) is 0 Å². The van der Waals surface area contributed by atoms with Gasteiger partial charge in [-0.1, -0.05) is 12.1 Å². The lowest BCUT2D eigenvalue weighted by atomic mass is 9.93. The van der Waals surface area contributed by atoms with Crippen LogP contribution >= 0.6 is 0 Å². The van der Waals surface area contributed by atoms with Crippen LogP contribution in [0.5, 0.6) is 11.5 Å². The molecular formula is C10H10O4. The molecule has 0 saturated heterocycles. The van der Waals surface area contributed by atoms with Gasteiger partial charge in [-0.3, -0.25) is 4.79 Å². The van der Waals surface area contributed by atoms with Crippen LogP contribution in [0.3, 0.4) is 0 Å². The second-order valence-electron chi connectivity index (χ2n) is 3.22. The number of hydrogen-bond acceptors (Lipinski definition) is 3. The number of hydrogen-bond donors (Lipinski definition) is 2. The standard InChI is InChI=1S/C10H10O4/c11-8-3-1-2-6-7(10(12)13)4-5-14-9(6)8/h1-3,7,11H,4-5H2,(H,12,13). The van der Waals surface area contributed by atoms with E-state index in [0.29, 0.717) is 24.3 Å². The molecule has 0 fully saturated rings. The SMILES string of the molecule is O=C(O)C1CCOc2c(O)cccc21. The van der Waals surface area contributed by atoms with Crippen molar-refractivity contribution in [2.75, 3.05) is 6.61 Å². The molecule has 2 N–H and O–H groups in total. The summed E-state index contributed by atoms with van der Waals surface area (Å²) in [6.07, 6.45) is 0.450. The van der Waals surface area contributed by atoms with Gasteiger partial charge in [0.25, 0.3) is 0 Å². The Morgan fingerprint density at radius 3 is 3.00 bits per heavy atom. The molecule has 1 aliphatic heterocycles. The lowest BCUT2D eigenvalue weighted by molar-refractivity contribution is -0.139. The molecule has 1 aliphatic rings. The molecular weight excluding hydrogens is 184 g/mol. The van der Waals surface area contributed by atoms with E-state index in [-0.39, 0.29) is 5.75 Å². The quantitative estimate of drug-likeness (QED) is 0.708. The number of para-hydroxylation sites is 1. The molecule has 0 bridgehead atoms. The van der Waals surface area contributed by atoms with E-state index in [4.69, 9.17) is 9.84 Å². The Morgan fingerprint density at radius 1 is 1.50 bits per heavy atom. The second kappa shape index (κ2) is 3.21. The number of carboxylic acids is 1. The Hall–Kier alpha value is -1.71. The zero-order chi connectivity index (χ0) is 10.1. The Bertz CT molecular complexity index is 372. The van der Waals surface area contributed by atoms with Crippen molar-refractivity contribution in [1.29, 1.82) is 0 Å². The number of rotatable bonds is 1. The van der Waals surface area contributed by atoms with Crippen LogP contribution in [0.15, 0.2) is 18.2 Å². The highest BCUT2D eigenvalue weighted by Gasteiger charge is 2.28. The maximum Gasteiger partial charge on any atom is 0.311 e. The predicted molar refractivity (Wildman–Crippen MR) is 48.6 cm³/mol. The van der Waals surface area contributed by atoms with Crippen LogP contribution < -0.4 is 4.74 Å². The van der Waals surface area contributed by atoms with Gasteiger partial charge in [0.15, 0.2) is 11.5 Å². The third kappa shape index (κ3) is 1.28. The number of fused-ring (bicyclic) bond motifs is 1. The minimum absolute atomic E-state index is 0.00782. The molecule has 74 valence electrons. The smallest absolute Gasteiger partial charge is 0.311 e. The van der Waals surface area contributed by atoms with Gasteiger partial charge in [-0.05, 0) is 12.5 Å². The number of phenolic OH excluding ortho intramolecular Hbond substituents is 1. The zero-order valence-electron chi connectivity index (χ0n) is 7.43. The van der Waals surface area contributed by atoms with E-state index in [1.54, 1.807) is 12.1 Å². The molecule has 2 rings (SSSR count). The van der Waals surface area contributed by atoms with Crippen molar-refractivity contribution in [3.8, 4) is 11.5 Å². The third-order valence-corrected chi connectivity index (χ3v) is 2.35. The monoisotopic (exact) mass is 194 g/mol. The van der Waals surface area contributed by atoms with Crippen molar-refractivity contribution >= 4 is 5.97 Å². The summed E-state index contributed by atoms with van der Waals surface area (Å²) in [6.45, 7) is 0.335. The molecule has 14 heavy (non-hydrogen) atoms. The van der Waals surface area contributed by atoms with E-state index in [0.717, 1.165) is 0 Å². The van der Waals surface area contributed by atoms with Crippen LogP contribution in [0.25, 0.3) is 0 Å². The average molecular weight is 194 g/mol. The summed E-state index contributed by atoms with van der Waals surface area (Å²) in [5.74, 6) is -1.12. The fraction of sp³-hybridized carbons (Fsp3) is 0.300. The van der Waals surface area contributed by atoms with Gasteiger partial charge in [-0.25, -0.2) is 0 Å². The van der Waals surface area contributed by atoms with Gasteiger partial charge >= 0.3 is 5.97 Å². The molecule has 1 aromatic carbocycles. The second-order valence-corrected chi connectivity index (χ2v) is 3.22. The minimum Gasteiger partial charge on any atom is -0.504 e. The molecule has 4 heteroatoms. The predicted octanol–water partition coefficient (Wildman–Crippen LogP) is 1.34. The van der Waals surface area contributed by atoms with Crippen molar-refractivity contribution < 1.29 is 19.7 Å². The van der Waals surface area contributed by atoms with Crippen molar-refractivity contribution in [2.45, 2.75) is 12.3 Å². The van der Waals surface area contributed by atoms with Gasteiger partial charge in [0.05, 0.1) is 12.5 Å². The Labute approximate surface area is 80.7 Å². The lowest BCUT2D eigenvalue weighted by Crippen LogP contribution is -2.20. The summed E-state index contributed by atoms with van der Waals surface area (Å²) in [5.41, 5.74) is 0.559. The van der Waals surface area contributed by atoms with Gasteiger partial charge in [0, 0.05) is 5.56 Å². The molecule has 1 atom stereocenters. The molecule has 0 spiro atoms. The summed E-state index contributed by atoms with van der Waals surface area (Å²) < 4.78 is 5.22. The minimum atomic E-state index is -0.875. The molecule has 1 heterocycles. The van der Waals surface area contributed by atoms with Gasteiger partial charge < -0.3 is 14.9 Å². The number of phenols is 1. The van der Waals surface area contributed by atoms with E-state index >= 15 is 0 Å². The van der Waals surface area contributed by atoms with Crippen LogP contribution in [0, 0.1) is 0 Å². The zero-order valence-corrected chi connectivity index (χ0v) is 7.43. The lowest BCUT2D eigenvalue weighted by Gasteiger charge is -2.23. The fourth-order valence-electron chi connectivity index (χ4n) is 1.66. The average Bonchev–Trinajstić information content (AvgIpc) is 2.17. The van der Waals surface area contributed by atoms with Crippen molar-refractivity contribution in [3.63, 3.8) is 0 Å². The number of aromatic hydroxyl groups is 1. The Morgan fingerprint density at radius 2 is 2.29 bits per heavy atom. The van der Waals surface area contributed by atoms with E-state index < -0.39 is 11.9 Å². The first-order valence-electron chi connectivity index (χ1n) is 4.37. The van der Waals surface area contributed by atoms with Crippen molar-refractivity contribution in [2.24, 2.45) is 0 Å². The molecule has 0 aromatic heterocycles. The first-order valence-corrected chi connectivity index (χ1v) is 4.37. The van der Waals surface area contributed by atoms with Gasteiger partial charge in [0.2, 0.25) is 0 Å². The first-order chi connectivity index (χ1) is 6.70. The van der Waals surface area contributed by atoms with Gasteiger partial charge in [0.1, 0.15) is 0 Å².